The van der Waals surface area contributed by atoms with Gasteiger partial charge in [0.05, 0.1) is 12.7 Å². The second-order valence-corrected chi connectivity index (χ2v) is 9.30. The van der Waals surface area contributed by atoms with E-state index < -0.39 is 10.0 Å². The van der Waals surface area contributed by atoms with E-state index in [1.165, 1.54) is 10.6 Å². The molecule has 1 amide bonds. The van der Waals surface area contributed by atoms with Crippen LogP contribution in [-0.4, -0.2) is 74.5 Å². The average Bonchev–Trinajstić information content (AvgIpc) is 3.12. The topological polar surface area (TPSA) is 85.5 Å². The molecule has 0 saturated carbocycles. The molecule has 1 aliphatic rings. The van der Waals surface area contributed by atoms with Gasteiger partial charge < -0.3 is 15.2 Å². The lowest BCUT2D eigenvalue weighted by Gasteiger charge is -2.22. The fraction of sp³-hybridized carbons (Fsp3) is 0.500. The Labute approximate surface area is 154 Å². The van der Waals surface area contributed by atoms with Crippen molar-refractivity contribution in [1.82, 2.24) is 19.5 Å². The van der Waals surface area contributed by atoms with Crippen LogP contribution in [0.5, 0.6) is 0 Å². The second-order valence-electron chi connectivity index (χ2n) is 7.31. The summed E-state index contributed by atoms with van der Waals surface area (Å²) in [6.45, 7) is 1.50. The van der Waals surface area contributed by atoms with Gasteiger partial charge in [-0.1, -0.05) is 18.2 Å². The number of nitrogens with zero attached hydrogens (tertiary/aromatic N) is 2. The molecule has 2 atom stereocenters. The molecule has 1 saturated heterocycles. The molecule has 2 N–H and O–H groups in total. The number of aromatic nitrogens is 1. The highest BCUT2D eigenvalue weighted by Crippen LogP contribution is 2.22. The number of carbonyl (C=O) groups is 1. The van der Waals surface area contributed by atoms with Crippen molar-refractivity contribution in [2.75, 3.05) is 40.0 Å². The van der Waals surface area contributed by atoms with E-state index >= 15 is 0 Å². The number of aromatic amines is 1. The molecule has 0 unspecified atom stereocenters. The lowest BCUT2D eigenvalue weighted by atomic mass is 10.0. The molecule has 0 spiro atoms. The normalized spacial score (nSPS) is 21.5. The van der Waals surface area contributed by atoms with Crippen LogP contribution in [-0.2, 0) is 21.2 Å². The summed E-state index contributed by atoms with van der Waals surface area (Å²) >= 11 is 0. The summed E-state index contributed by atoms with van der Waals surface area (Å²) in [6, 6.07) is 7.69. The smallest absolute Gasteiger partial charge is 0.224 e. The maximum Gasteiger partial charge on any atom is 0.224 e. The molecule has 8 heteroatoms. The van der Waals surface area contributed by atoms with Crippen molar-refractivity contribution < 1.29 is 13.2 Å². The summed E-state index contributed by atoms with van der Waals surface area (Å²) in [5.74, 6) is -0.00879. The van der Waals surface area contributed by atoms with Crippen molar-refractivity contribution in [1.29, 1.82) is 0 Å². The van der Waals surface area contributed by atoms with Crippen molar-refractivity contribution in [3.05, 3.63) is 36.0 Å². The predicted molar refractivity (Wildman–Crippen MR) is 102 cm³/mol. The number of hydrogen-bond donors (Lipinski definition) is 2. The first-order valence-corrected chi connectivity index (χ1v) is 10.5. The number of fused-ring (bicyclic) bond motifs is 1. The van der Waals surface area contributed by atoms with Crippen LogP contribution in [0.1, 0.15) is 5.56 Å². The third-order valence-corrected chi connectivity index (χ3v) is 6.08. The van der Waals surface area contributed by atoms with E-state index in [4.69, 9.17) is 0 Å². The van der Waals surface area contributed by atoms with Crippen LogP contribution in [0.15, 0.2) is 30.5 Å². The quantitative estimate of drug-likeness (QED) is 0.773. The molecule has 1 aliphatic heterocycles. The Morgan fingerprint density at radius 2 is 2.04 bits per heavy atom. The summed E-state index contributed by atoms with van der Waals surface area (Å²) in [5, 5.41) is 4.09. The highest BCUT2D eigenvalue weighted by atomic mass is 32.2. The molecule has 2 heterocycles. The minimum absolute atomic E-state index is 0.0756. The first kappa shape index (κ1) is 18.9. The first-order chi connectivity index (χ1) is 12.2. The molecule has 1 fully saturated rings. The van der Waals surface area contributed by atoms with E-state index in [1.54, 1.807) is 0 Å². The summed E-state index contributed by atoms with van der Waals surface area (Å²) in [5.41, 5.74) is 1.95. The average molecular weight is 378 g/mol. The Hall–Kier alpha value is -1.90. The molecule has 0 bridgehead atoms. The molecule has 0 aliphatic carbocycles. The molecule has 2 aromatic rings. The fourth-order valence-corrected chi connectivity index (χ4v) is 4.52. The predicted octanol–water partition coefficient (Wildman–Crippen LogP) is 0.648. The monoisotopic (exact) mass is 378 g/mol. The van der Waals surface area contributed by atoms with Gasteiger partial charge in [0.2, 0.25) is 15.9 Å². The lowest BCUT2D eigenvalue weighted by molar-refractivity contribution is -0.121. The zero-order chi connectivity index (χ0) is 18.9. The van der Waals surface area contributed by atoms with E-state index in [0.29, 0.717) is 13.1 Å². The van der Waals surface area contributed by atoms with Crippen LogP contribution in [0.25, 0.3) is 10.9 Å². The molecule has 0 radical (unpaired) electrons. The third kappa shape index (κ3) is 4.25. The van der Waals surface area contributed by atoms with E-state index in [1.807, 2.05) is 49.5 Å². The summed E-state index contributed by atoms with van der Waals surface area (Å²) in [6.07, 6.45) is 3.35. The van der Waals surface area contributed by atoms with E-state index in [2.05, 4.69) is 10.3 Å². The Morgan fingerprint density at radius 3 is 2.73 bits per heavy atom. The Kier molecular flexibility index (Phi) is 5.36. The van der Waals surface area contributed by atoms with Crippen LogP contribution < -0.4 is 5.32 Å². The third-order valence-electron chi connectivity index (χ3n) is 4.85. The molecule has 1 aromatic heterocycles. The molecule has 26 heavy (non-hydrogen) atoms. The standard InChI is InChI=1S/C18H26N4O3S/c1-21(2)10-14-11-22(26(3,24)25)12-17(14)20-18(23)8-13-9-19-16-7-5-4-6-15(13)16/h4-7,9,14,17,19H,8,10-12H2,1-3H3,(H,20,23)/t14-,17-/m1/s1. The van der Waals surface area contributed by atoms with Crippen molar-refractivity contribution in [2.45, 2.75) is 12.5 Å². The van der Waals surface area contributed by atoms with Gasteiger partial charge in [0.25, 0.3) is 0 Å². The molecule has 3 rings (SSSR count). The van der Waals surface area contributed by atoms with Gasteiger partial charge >= 0.3 is 0 Å². The highest BCUT2D eigenvalue weighted by Gasteiger charge is 2.37. The summed E-state index contributed by atoms with van der Waals surface area (Å²) in [4.78, 5) is 17.8. The van der Waals surface area contributed by atoms with Crippen LogP contribution in [0, 0.1) is 5.92 Å². The van der Waals surface area contributed by atoms with Crippen LogP contribution >= 0.6 is 0 Å². The Morgan fingerprint density at radius 1 is 1.31 bits per heavy atom. The summed E-state index contributed by atoms with van der Waals surface area (Å²) < 4.78 is 25.2. The first-order valence-electron chi connectivity index (χ1n) is 8.68. The zero-order valence-corrected chi connectivity index (χ0v) is 16.2. The van der Waals surface area contributed by atoms with E-state index in [9.17, 15) is 13.2 Å². The molecule has 142 valence electrons. The Bertz CT molecular complexity index is 891. The molecule has 7 nitrogen and oxygen atoms in total. The van der Waals surface area contributed by atoms with Crippen molar-refractivity contribution >= 4 is 26.8 Å². The lowest BCUT2D eigenvalue weighted by Crippen LogP contribution is -2.44. The number of benzene rings is 1. The van der Waals surface area contributed by atoms with Gasteiger partial charge in [-0.15, -0.1) is 0 Å². The highest BCUT2D eigenvalue weighted by molar-refractivity contribution is 7.88. The van der Waals surface area contributed by atoms with Gasteiger partial charge in [-0.25, -0.2) is 8.42 Å². The number of nitrogens with one attached hydrogen (secondary N) is 2. The fourth-order valence-electron chi connectivity index (χ4n) is 3.63. The molecule has 1 aromatic carbocycles. The maximum absolute atomic E-state index is 12.6. The van der Waals surface area contributed by atoms with Gasteiger partial charge in [0.1, 0.15) is 0 Å². The van der Waals surface area contributed by atoms with Gasteiger partial charge in [-0.05, 0) is 25.7 Å². The second kappa shape index (κ2) is 7.38. The van der Waals surface area contributed by atoms with Gasteiger partial charge in [-0.2, -0.15) is 4.31 Å². The van der Waals surface area contributed by atoms with Crippen molar-refractivity contribution in [3.63, 3.8) is 0 Å². The number of H-pyrrole nitrogens is 1. The number of para-hydroxylation sites is 1. The number of carbonyl (C=O) groups excluding carboxylic acids is 1. The number of sulfonamides is 1. The minimum atomic E-state index is -3.26. The largest absolute Gasteiger partial charge is 0.361 e. The van der Waals surface area contributed by atoms with Gasteiger partial charge in [0.15, 0.2) is 0 Å². The molecular weight excluding hydrogens is 352 g/mol. The molecular formula is C18H26N4O3S. The summed E-state index contributed by atoms with van der Waals surface area (Å²) in [7, 11) is 0.644. The van der Waals surface area contributed by atoms with Gasteiger partial charge in [-0.3, -0.25) is 4.79 Å². The number of hydrogen-bond acceptors (Lipinski definition) is 4. The van der Waals surface area contributed by atoms with Gasteiger partial charge in [0, 0.05) is 48.7 Å². The zero-order valence-electron chi connectivity index (χ0n) is 15.4. The van der Waals surface area contributed by atoms with Crippen molar-refractivity contribution in [3.8, 4) is 0 Å². The number of amides is 1. The Balaban J connectivity index is 1.70. The van der Waals surface area contributed by atoms with E-state index in [-0.39, 0.29) is 24.3 Å². The van der Waals surface area contributed by atoms with E-state index in [0.717, 1.165) is 23.0 Å². The van der Waals surface area contributed by atoms with Crippen molar-refractivity contribution in [2.24, 2.45) is 5.92 Å². The SMILES string of the molecule is CN(C)C[C@@H]1CN(S(C)(=O)=O)C[C@H]1NC(=O)Cc1c[nH]c2ccccc12. The van der Waals surface area contributed by atoms with Crippen LogP contribution in [0.4, 0.5) is 0 Å². The maximum atomic E-state index is 12.6. The van der Waals surface area contributed by atoms with Crippen LogP contribution in [0.2, 0.25) is 0 Å². The number of rotatable bonds is 6. The van der Waals surface area contributed by atoms with Crippen LogP contribution in [0.3, 0.4) is 0 Å². The minimum Gasteiger partial charge on any atom is -0.361 e.